The van der Waals surface area contributed by atoms with Gasteiger partial charge in [0.05, 0.1) is 26.2 Å². The van der Waals surface area contributed by atoms with Crippen LogP contribution >= 0.6 is 0 Å². The molecule has 0 fully saturated rings. The molecule has 0 aromatic rings. The van der Waals surface area contributed by atoms with Crippen LogP contribution in [0.25, 0.3) is 0 Å². The van der Waals surface area contributed by atoms with Crippen molar-refractivity contribution in [2.75, 3.05) is 26.2 Å². The molecule has 0 saturated carbocycles. The van der Waals surface area contributed by atoms with Crippen LogP contribution in [0, 0.1) is 0 Å². The minimum atomic E-state index is -1.08. The van der Waals surface area contributed by atoms with Gasteiger partial charge in [-0.2, -0.15) is 0 Å². The molecule has 0 aliphatic rings. The third kappa shape index (κ3) is 29.5. The molecule has 0 N–H and O–H groups in total. The predicted octanol–water partition coefficient (Wildman–Crippen LogP) is 9.22. The highest BCUT2D eigenvalue weighted by atomic mass is 16.4. The van der Waals surface area contributed by atoms with E-state index in [2.05, 4.69) is 27.7 Å². The Morgan fingerprint density at radius 2 is 0.629 bits per heavy atom. The third-order valence-electron chi connectivity index (χ3n) is 7.44. The first-order valence-electron chi connectivity index (χ1n) is 16.0. The molecule has 0 radical (unpaired) electrons. The minimum absolute atomic E-state index is 0.972. The summed E-state index contributed by atoms with van der Waals surface area (Å²) >= 11 is 0. The molecule has 0 aliphatic heterocycles. The van der Waals surface area contributed by atoms with Gasteiger partial charge in [-0.25, -0.2) is 0 Å². The van der Waals surface area contributed by atoms with Gasteiger partial charge in [-0.1, -0.05) is 137 Å². The third-order valence-corrected chi connectivity index (χ3v) is 7.44. The average molecular weight is 498 g/mol. The van der Waals surface area contributed by atoms with Crippen molar-refractivity contribution in [1.29, 1.82) is 0 Å². The van der Waals surface area contributed by atoms with Crippen molar-refractivity contribution in [3.63, 3.8) is 0 Å². The van der Waals surface area contributed by atoms with Gasteiger partial charge in [-0.05, 0) is 39.0 Å². The van der Waals surface area contributed by atoms with Crippen molar-refractivity contribution in [2.24, 2.45) is 0 Å². The molecule has 0 heterocycles. The number of carbonyl (C=O) groups excluding carboxylic acids is 1. The maximum atomic E-state index is 8.89. The van der Waals surface area contributed by atoms with Gasteiger partial charge < -0.3 is 14.4 Å². The number of quaternary nitrogens is 1. The second-order valence-corrected chi connectivity index (χ2v) is 11.1. The molecular weight excluding hydrogens is 430 g/mol. The van der Waals surface area contributed by atoms with Crippen LogP contribution in [0.1, 0.15) is 176 Å². The Bertz CT molecular complexity index is 385. The van der Waals surface area contributed by atoms with Crippen LogP contribution in [0.4, 0.5) is 0 Å². The van der Waals surface area contributed by atoms with E-state index in [4.69, 9.17) is 9.90 Å². The second-order valence-electron chi connectivity index (χ2n) is 11.1. The van der Waals surface area contributed by atoms with Gasteiger partial charge in [0, 0.05) is 5.97 Å². The van der Waals surface area contributed by atoms with Gasteiger partial charge in [0.2, 0.25) is 0 Å². The maximum absolute atomic E-state index is 8.89. The summed E-state index contributed by atoms with van der Waals surface area (Å²) in [5.41, 5.74) is 0. The first-order valence-corrected chi connectivity index (χ1v) is 16.0. The number of carbonyl (C=O) groups is 1. The van der Waals surface area contributed by atoms with Gasteiger partial charge in [-0.15, -0.1) is 0 Å². The van der Waals surface area contributed by atoms with Crippen molar-refractivity contribution in [1.82, 2.24) is 0 Å². The molecular formula is C32H67NO2. The SMILES string of the molecule is CC(=O)[O-].CCCCCCCCCCCCCCCCCC[N+](CCCC)(CCCC)CCCC. The van der Waals surface area contributed by atoms with Gasteiger partial charge >= 0.3 is 0 Å². The average Bonchev–Trinajstić information content (AvgIpc) is 2.84. The summed E-state index contributed by atoms with van der Waals surface area (Å²) in [4.78, 5) is 8.89. The summed E-state index contributed by atoms with van der Waals surface area (Å²) in [5.74, 6) is -1.08. The van der Waals surface area contributed by atoms with E-state index in [9.17, 15) is 0 Å². The zero-order valence-corrected chi connectivity index (χ0v) is 25.1. The Hall–Kier alpha value is -0.570. The van der Waals surface area contributed by atoms with E-state index in [0.29, 0.717) is 0 Å². The smallest absolute Gasteiger partial charge is 0.0786 e. The Morgan fingerprint density at radius 1 is 0.429 bits per heavy atom. The summed E-state index contributed by atoms with van der Waals surface area (Å²) in [5, 5.41) is 8.89. The molecule has 3 heteroatoms. The van der Waals surface area contributed by atoms with Crippen molar-refractivity contribution >= 4 is 5.97 Å². The fourth-order valence-electron chi connectivity index (χ4n) is 5.15. The molecule has 0 bridgehead atoms. The Balaban J connectivity index is 0. The lowest BCUT2D eigenvalue weighted by molar-refractivity contribution is -0.929. The van der Waals surface area contributed by atoms with E-state index in [-0.39, 0.29) is 0 Å². The topological polar surface area (TPSA) is 40.1 Å². The second kappa shape index (κ2) is 29.7. The number of hydrogen-bond donors (Lipinski definition) is 0. The van der Waals surface area contributed by atoms with E-state index >= 15 is 0 Å². The fraction of sp³-hybridized carbons (Fsp3) is 0.969. The zero-order chi connectivity index (χ0) is 26.5. The molecule has 212 valence electrons. The molecule has 3 nitrogen and oxygen atoms in total. The summed E-state index contributed by atoms with van der Waals surface area (Å²) in [6, 6.07) is 0. The maximum Gasteiger partial charge on any atom is 0.0786 e. The standard InChI is InChI=1S/C30H64N.C2H4O2/c1-5-9-13-14-15-16-17-18-19-20-21-22-23-24-25-26-30-31(27-10-6-2,28-11-7-3)29-12-8-4;1-2(3)4/h5-30H2,1-4H3;1H3,(H,3,4)/q+1;/p-1. The van der Waals surface area contributed by atoms with Crippen molar-refractivity contribution < 1.29 is 14.4 Å². The van der Waals surface area contributed by atoms with Crippen molar-refractivity contribution in [3.8, 4) is 0 Å². The Labute approximate surface area is 222 Å². The molecule has 0 aliphatic carbocycles. The van der Waals surface area contributed by atoms with E-state index in [0.717, 1.165) is 6.92 Å². The molecule has 0 amide bonds. The molecule has 0 aromatic heterocycles. The van der Waals surface area contributed by atoms with Crippen molar-refractivity contribution in [3.05, 3.63) is 0 Å². The van der Waals surface area contributed by atoms with E-state index in [1.165, 1.54) is 172 Å². The number of unbranched alkanes of at least 4 members (excludes halogenated alkanes) is 18. The number of nitrogens with zero attached hydrogens (tertiary/aromatic N) is 1. The fourth-order valence-corrected chi connectivity index (χ4v) is 5.15. The summed E-state index contributed by atoms with van der Waals surface area (Å²) in [7, 11) is 0. The first-order chi connectivity index (χ1) is 17.0. The summed E-state index contributed by atoms with van der Waals surface area (Å²) in [6.07, 6.45) is 31.9. The Morgan fingerprint density at radius 3 is 0.886 bits per heavy atom. The van der Waals surface area contributed by atoms with Crippen LogP contribution in [0.2, 0.25) is 0 Å². The van der Waals surface area contributed by atoms with Gasteiger partial charge in [0.15, 0.2) is 0 Å². The normalized spacial score (nSPS) is 11.3. The molecule has 0 aromatic carbocycles. The van der Waals surface area contributed by atoms with Crippen LogP contribution in [0.5, 0.6) is 0 Å². The van der Waals surface area contributed by atoms with E-state index in [1.54, 1.807) is 0 Å². The monoisotopic (exact) mass is 498 g/mol. The van der Waals surface area contributed by atoms with E-state index < -0.39 is 5.97 Å². The predicted molar refractivity (Wildman–Crippen MR) is 155 cm³/mol. The molecule has 35 heavy (non-hydrogen) atoms. The lowest BCUT2D eigenvalue weighted by Gasteiger charge is -2.39. The van der Waals surface area contributed by atoms with Gasteiger partial charge in [0.25, 0.3) is 0 Å². The van der Waals surface area contributed by atoms with Crippen LogP contribution in [-0.4, -0.2) is 36.6 Å². The highest BCUT2D eigenvalue weighted by Crippen LogP contribution is 2.18. The van der Waals surface area contributed by atoms with Crippen LogP contribution in [0.3, 0.4) is 0 Å². The van der Waals surface area contributed by atoms with Gasteiger partial charge in [0.1, 0.15) is 0 Å². The minimum Gasteiger partial charge on any atom is -0.550 e. The first kappa shape index (κ1) is 36.6. The van der Waals surface area contributed by atoms with Crippen LogP contribution in [0.15, 0.2) is 0 Å². The zero-order valence-electron chi connectivity index (χ0n) is 25.1. The number of carboxylic acid groups (broad SMARTS) is 1. The Kier molecular flexibility index (Phi) is 31.0. The van der Waals surface area contributed by atoms with Gasteiger partial charge in [-0.3, -0.25) is 0 Å². The summed E-state index contributed by atoms with van der Waals surface area (Å²) < 4.78 is 1.44. The highest BCUT2D eigenvalue weighted by Gasteiger charge is 2.24. The van der Waals surface area contributed by atoms with Crippen LogP contribution in [-0.2, 0) is 4.79 Å². The molecule has 0 unspecified atom stereocenters. The lowest BCUT2D eigenvalue weighted by Crippen LogP contribution is -2.50. The largest absolute Gasteiger partial charge is 0.550 e. The molecule has 0 spiro atoms. The van der Waals surface area contributed by atoms with E-state index in [1.807, 2.05) is 0 Å². The number of aliphatic carboxylic acids is 1. The lowest BCUT2D eigenvalue weighted by atomic mass is 10.0. The highest BCUT2D eigenvalue weighted by molar-refractivity contribution is 5.60. The number of carboxylic acids is 1. The number of hydrogen-bond acceptors (Lipinski definition) is 2. The quantitative estimate of drug-likeness (QED) is 0.0882. The number of rotatable bonds is 26. The molecule has 0 atom stereocenters. The van der Waals surface area contributed by atoms with Crippen molar-refractivity contribution in [2.45, 2.75) is 176 Å². The molecule has 0 rings (SSSR count). The summed E-state index contributed by atoms with van der Waals surface area (Å²) in [6.45, 7) is 16.1. The molecule has 0 saturated heterocycles. The van der Waals surface area contributed by atoms with Crippen LogP contribution < -0.4 is 5.11 Å².